The molecule has 0 bridgehead atoms. The molecule has 6 heteroatoms. The molecule has 1 aliphatic rings. The Hall–Kier alpha value is -3.28. The van der Waals surface area contributed by atoms with Gasteiger partial charge < -0.3 is 19.5 Å². The molecule has 0 saturated carbocycles. The molecule has 1 fully saturated rings. The number of amides is 1. The Kier molecular flexibility index (Phi) is 7.46. The van der Waals surface area contributed by atoms with Crippen molar-refractivity contribution in [2.45, 2.75) is 47.1 Å². The Morgan fingerprint density at radius 3 is 2.36 bits per heavy atom. The van der Waals surface area contributed by atoms with Crippen LogP contribution in [0.4, 0.5) is 0 Å². The van der Waals surface area contributed by atoms with Gasteiger partial charge in [-0.1, -0.05) is 39.0 Å². The molecular weight excluding hydrogens is 418 g/mol. The third kappa shape index (κ3) is 4.90. The molecule has 0 spiro atoms. The predicted molar refractivity (Wildman–Crippen MR) is 129 cm³/mol. The number of ketones is 1. The van der Waals surface area contributed by atoms with Crippen LogP contribution in [0.5, 0.6) is 11.5 Å². The van der Waals surface area contributed by atoms with Crippen molar-refractivity contribution in [2.24, 2.45) is 5.92 Å². The van der Waals surface area contributed by atoms with E-state index in [0.717, 1.165) is 22.4 Å². The monoisotopic (exact) mass is 451 g/mol. The lowest BCUT2D eigenvalue weighted by molar-refractivity contribution is -0.139. The van der Waals surface area contributed by atoms with E-state index in [2.05, 4.69) is 13.8 Å². The maximum atomic E-state index is 13.1. The van der Waals surface area contributed by atoms with Crippen molar-refractivity contribution in [3.05, 3.63) is 64.2 Å². The maximum Gasteiger partial charge on any atom is 0.295 e. The van der Waals surface area contributed by atoms with Crippen LogP contribution < -0.4 is 9.47 Å². The van der Waals surface area contributed by atoms with E-state index in [1.165, 1.54) is 12.0 Å². The van der Waals surface area contributed by atoms with Gasteiger partial charge in [-0.25, -0.2) is 0 Å². The summed E-state index contributed by atoms with van der Waals surface area (Å²) in [4.78, 5) is 27.6. The minimum atomic E-state index is -0.688. The van der Waals surface area contributed by atoms with Crippen molar-refractivity contribution in [1.82, 2.24) is 4.90 Å². The number of hydrogen-bond donors (Lipinski definition) is 1. The Labute approximate surface area is 195 Å². The molecule has 6 nitrogen and oxygen atoms in total. The first-order valence-electron chi connectivity index (χ1n) is 11.4. The highest BCUT2D eigenvalue weighted by atomic mass is 16.5. The van der Waals surface area contributed by atoms with Crippen molar-refractivity contribution >= 4 is 17.4 Å². The maximum absolute atomic E-state index is 13.1. The average Bonchev–Trinajstić information content (AvgIpc) is 3.02. The molecule has 2 aromatic carbocycles. The molecule has 1 amide bonds. The van der Waals surface area contributed by atoms with Gasteiger partial charge >= 0.3 is 0 Å². The molecule has 3 rings (SSSR count). The molecule has 1 aliphatic heterocycles. The minimum Gasteiger partial charge on any atom is -0.507 e. The first-order chi connectivity index (χ1) is 15.7. The van der Waals surface area contributed by atoms with Crippen LogP contribution in [-0.2, 0) is 9.59 Å². The highest BCUT2D eigenvalue weighted by Gasteiger charge is 2.46. The van der Waals surface area contributed by atoms with Crippen LogP contribution in [0.3, 0.4) is 0 Å². The van der Waals surface area contributed by atoms with Gasteiger partial charge in [0.2, 0.25) is 0 Å². The molecule has 1 atom stereocenters. The van der Waals surface area contributed by atoms with Crippen molar-refractivity contribution in [1.29, 1.82) is 0 Å². The molecule has 0 aromatic heterocycles. The SMILES string of the molecule is CCCN1C(=O)C(=O)/C(=C(/O)c2cc(C)cc(C)c2OC)C1c1ccc(OCC(C)C)cc1. The number of nitrogens with zero attached hydrogens (tertiary/aromatic N) is 1. The standard InChI is InChI=1S/C27H33NO5/c1-7-12-28-23(19-8-10-20(11-9-19)33-15-16(2)3)22(25(30)27(28)31)24(29)21-14-17(4)13-18(5)26(21)32-6/h8-11,13-14,16,23,29H,7,12,15H2,1-6H3/b24-22+. The highest BCUT2D eigenvalue weighted by Crippen LogP contribution is 2.42. The van der Waals surface area contributed by atoms with Crippen LogP contribution in [-0.4, -0.2) is 42.0 Å². The number of hydrogen-bond acceptors (Lipinski definition) is 5. The Morgan fingerprint density at radius 1 is 1.12 bits per heavy atom. The van der Waals surface area contributed by atoms with E-state index in [-0.39, 0.29) is 11.3 Å². The molecule has 1 N–H and O–H groups in total. The summed E-state index contributed by atoms with van der Waals surface area (Å²) in [5, 5.41) is 11.4. The van der Waals surface area contributed by atoms with E-state index in [4.69, 9.17) is 9.47 Å². The van der Waals surface area contributed by atoms with Crippen LogP contribution in [0.15, 0.2) is 42.0 Å². The number of carbonyl (C=O) groups excluding carboxylic acids is 2. The Morgan fingerprint density at radius 2 is 1.79 bits per heavy atom. The molecule has 33 heavy (non-hydrogen) atoms. The van der Waals surface area contributed by atoms with Gasteiger partial charge in [-0.3, -0.25) is 9.59 Å². The quantitative estimate of drug-likeness (QED) is 0.340. The van der Waals surface area contributed by atoms with E-state index < -0.39 is 17.7 Å². The fourth-order valence-electron chi connectivity index (χ4n) is 4.25. The van der Waals surface area contributed by atoms with Crippen LogP contribution in [0.1, 0.15) is 55.5 Å². The number of likely N-dealkylation sites (tertiary alicyclic amines) is 1. The third-order valence-electron chi connectivity index (χ3n) is 5.66. The number of aliphatic hydroxyl groups excluding tert-OH is 1. The summed E-state index contributed by atoms with van der Waals surface area (Å²) in [7, 11) is 1.53. The first kappa shape index (κ1) is 24.4. The van der Waals surface area contributed by atoms with Crippen LogP contribution >= 0.6 is 0 Å². The highest BCUT2D eigenvalue weighted by molar-refractivity contribution is 6.46. The third-order valence-corrected chi connectivity index (χ3v) is 5.66. The van der Waals surface area contributed by atoms with Gasteiger partial charge in [0.25, 0.3) is 11.7 Å². The van der Waals surface area contributed by atoms with Gasteiger partial charge in [-0.15, -0.1) is 0 Å². The number of aliphatic hydroxyl groups is 1. The van der Waals surface area contributed by atoms with Crippen molar-refractivity contribution in [3.8, 4) is 11.5 Å². The summed E-state index contributed by atoms with van der Waals surface area (Å²) in [5.74, 6) is 0.0841. The van der Waals surface area contributed by atoms with Gasteiger partial charge in [0.15, 0.2) is 0 Å². The number of benzene rings is 2. The lowest BCUT2D eigenvalue weighted by Crippen LogP contribution is -2.30. The number of Topliss-reactive ketones (excluding diaryl/α,β-unsaturated/α-hetero) is 1. The van der Waals surface area contributed by atoms with E-state index in [9.17, 15) is 14.7 Å². The topological polar surface area (TPSA) is 76.1 Å². The smallest absolute Gasteiger partial charge is 0.295 e. The zero-order valence-corrected chi connectivity index (χ0v) is 20.3. The summed E-state index contributed by atoms with van der Waals surface area (Å²) in [5.41, 5.74) is 2.98. The van der Waals surface area contributed by atoms with Crippen molar-refractivity contribution in [3.63, 3.8) is 0 Å². The fraction of sp³-hybridized carbons (Fsp3) is 0.407. The summed E-state index contributed by atoms with van der Waals surface area (Å²) in [6, 6.07) is 10.4. The van der Waals surface area contributed by atoms with Crippen LogP contribution in [0.2, 0.25) is 0 Å². The lowest BCUT2D eigenvalue weighted by atomic mass is 9.93. The average molecular weight is 452 g/mol. The van der Waals surface area contributed by atoms with E-state index >= 15 is 0 Å². The Bertz CT molecular complexity index is 1070. The normalized spacial score (nSPS) is 17.7. The summed E-state index contributed by atoms with van der Waals surface area (Å²) >= 11 is 0. The van der Waals surface area contributed by atoms with Crippen LogP contribution in [0.25, 0.3) is 5.76 Å². The fourth-order valence-corrected chi connectivity index (χ4v) is 4.25. The second-order valence-electron chi connectivity index (χ2n) is 8.93. The molecule has 0 radical (unpaired) electrons. The number of carbonyl (C=O) groups is 2. The summed E-state index contributed by atoms with van der Waals surface area (Å²) in [6.07, 6.45) is 0.687. The molecule has 1 heterocycles. The van der Waals surface area contributed by atoms with E-state index in [1.807, 2.05) is 51.1 Å². The number of aryl methyl sites for hydroxylation is 2. The predicted octanol–water partition coefficient (Wildman–Crippen LogP) is 5.18. The second-order valence-corrected chi connectivity index (χ2v) is 8.93. The number of rotatable bonds is 8. The van der Waals surface area contributed by atoms with Gasteiger partial charge in [-0.05, 0) is 61.1 Å². The van der Waals surface area contributed by atoms with Crippen LogP contribution in [0, 0.1) is 19.8 Å². The zero-order valence-electron chi connectivity index (χ0n) is 20.3. The van der Waals surface area contributed by atoms with Gasteiger partial charge in [0.1, 0.15) is 17.3 Å². The van der Waals surface area contributed by atoms with E-state index in [0.29, 0.717) is 36.8 Å². The minimum absolute atomic E-state index is 0.0765. The van der Waals surface area contributed by atoms with E-state index in [1.54, 1.807) is 6.07 Å². The largest absolute Gasteiger partial charge is 0.507 e. The lowest BCUT2D eigenvalue weighted by Gasteiger charge is -2.25. The first-order valence-corrected chi connectivity index (χ1v) is 11.4. The molecule has 2 aromatic rings. The second kappa shape index (κ2) is 10.1. The van der Waals surface area contributed by atoms with Crippen molar-refractivity contribution < 1.29 is 24.2 Å². The Balaban J connectivity index is 2.15. The number of methoxy groups -OCH3 is 1. The summed E-state index contributed by atoms with van der Waals surface area (Å²) in [6.45, 7) is 10.9. The van der Waals surface area contributed by atoms with Gasteiger partial charge in [0, 0.05) is 6.54 Å². The molecular formula is C27H33NO5. The molecule has 0 aliphatic carbocycles. The molecule has 1 unspecified atom stereocenters. The van der Waals surface area contributed by atoms with Gasteiger partial charge in [-0.2, -0.15) is 0 Å². The summed E-state index contributed by atoms with van der Waals surface area (Å²) < 4.78 is 11.3. The number of ether oxygens (including phenoxy) is 2. The van der Waals surface area contributed by atoms with Gasteiger partial charge in [0.05, 0.1) is 30.9 Å². The molecule has 176 valence electrons. The zero-order chi connectivity index (χ0) is 24.3. The van der Waals surface area contributed by atoms with Crippen molar-refractivity contribution in [2.75, 3.05) is 20.3 Å². The molecule has 1 saturated heterocycles.